The van der Waals surface area contributed by atoms with Gasteiger partial charge in [0.25, 0.3) is 0 Å². The zero-order valence-electron chi connectivity index (χ0n) is 11.1. The summed E-state index contributed by atoms with van der Waals surface area (Å²) in [5.74, 6) is 2.40. The smallest absolute Gasteiger partial charge is 0.102 e. The first kappa shape index (κ1) is 16.3. The maximum atomic E-state index is 9.90. The molecule has 1 heterocycles. The molecule has 19 heavy (non-hydrogen) atoms. The van der Waals surface area contributed by atoms with Gasteiger partial charge in [-0.25, -0.2) is 0 Å². The molecule has 0 aromatic rings. The summed E-state index contributed by atoms with van der Waals surface area (Å²) < 4.78 is 5.70. The van der Waals surface area contributed by atoms with Crippen molar-refractivity contribution in [3.63, 3.8) is 0 Å². The highest BCUT2D eigenvalue weighted by Crippen LogP contribution is 2.28. The van der Waals surface area contributed by atoms with Gasteiger partial charge in [-0.2, -0.15) is 0 Å². The Labute approximate surface area is 119 Å². The fourth-order valence-electron chi connectivity index (χ4n) is 1.92. The van der Waals surface area contributed by atoms with Crippen LogP contribution in [0.2, 0.25) is 0 Å². The van der Waals surface area contributed by atoms with E-state index in [9.17, 15) is 10.2 Å². The summed E-state index contributed by atoms with van der Waals surface area (Å²) in [6, 6.07) is 0. The number of allylic oxidation sites excluding steroid dienone is 2. The van der Waals surface area contributed by atoms with Crippen molar-refractivity contribution in [2.24, 2.45) is 0 Å². The minimum atomic E-state index is -0.580. The molecule has 0 spiro atoms. The Bertz CT molecular complexity index is 359. The molecule has 0 bridgehead atoms. The molecule has 0 aromatic heterocycles. The molecule has 3 nitrogen and oxygen atoms in total. The highest BCUT2D eigenvalue weighted by Gasteiger charge is 2.35. The second-order valence-electron chi connectivity index (χ2n) is 4.62. The second-order valence-corrected chi connectivity index (χ2v) is 5.18. The van der Waals surface area contributed by atoms with Crippen molar-refractivity contribution in [2.45, 2.75) is 56.0 Å². The third kappa shape index (κ3) is 5.38. The zero-order valence-corrected chi connectivity index (χ0v) is 11.8. The molecule has 4 heteroatoms. The minimum Gasteiger partial charge on any atom is -0.390 e. The van der Waals surface area contributed by atoms with Gasteiger partial charge in [0, 0.05) is 6.42 Å². The van der Waals surface area contributed by atoms with E-state index in [1.807, 2.05) is 13.0 Å². The van der Waals surface area contributed by atoms with Crippen molar-refractivity contribution in [3.05, 3.63) is 24.3 Å². The number of hydrogen-bond acceptors (Lipinski definition) is 3. The summed E-state index contributed by atoms with van der Waals surface area (Å²) >= 11 is 6.21. The highest BCUT2D eigenvalue weighted by atomic mass is 35.5. The van der Waals surface area contributed by atoms with Crippen molar-refractivity contribution < 1.29 is 14.9 Å². The van der Waals surface area contributed by atoms with E-state index in [0.717, 1.165) is 0 Å². The van der Waals surface area contributed by atoms with Gasteiger partial charge in [-0.15, -0.1) is 18.0 Å². The summed E-state index contributed by atoms with van der Waals surface area (Å²) in [6.07, 6.45) is 12.0. The molecule has 1 aliphatic rings. The predicted molar refractivity (Wildman–Crippen MR) is 77.0 cm³/mol. The van der Waals surface area contributed by atoms with Crippen LogP contribution in [0.4, 0.5) is 0 Å². The van der Waals surface area contributed by atoms with Crippen LogP contribution in [0.3, 0.4) is 0 Å². The quantitative estimate of drug-likeness (QED) is 0.446. The molecule has 0 radical (unpaired) electrons. The van der Waals surface area contributed by atoms with Gasteiger partial charge in [-0.3, -0.25) is 0 Å². The van der Waals surface area contributed by atoms with Crippen LogP contribution in [0.25, 0.3) is 0 Å². The number of terminal acetylenes is 1. The molecule has 0 aliphatic carbocycles. The number of rotatable bonds is 6. The lowest BCUT2D eigenvalue weighted by atomic mass is 10.1. The van der Waals surface area contributed by atoms with Gasteiger partial charge in [0.15, 0.2) is 0 Å². The molecule has 106 valence electrons. The lowest BCUT2D eigenvalue weighted by molar-refractivity contribution is 0.0380. The lowest BCUT2D eigenvalue weighted by Gasteiger charge is -2.15. The largest absolute Gasteiger partial charge is 0.390 e. The molecule has 0 aromatic carbocycles. The van der Waals surface area contributed by atoms with Crippen molar-refractivity contribution in [1.82, 2.24) is 0 Å². The molecule has 0 unspecified atom stereocenters. The highest BCUT2D eigenvalue weighted by molar-refractivity contribution is 6.21. The molecule has 1 rings (SSSR count). The third-order valence-electron chi connectivity index (χ3n) is 3.10. The van der Waals surface area contributed by atoms with Crippen LogP contribution in [-0.4, -0.2) is 40.0 Å². The number of aliphatic hydroxyl groups is 2. The Balaban J connectivity index is 2.48. The van der Waals surface area contributed by atoms with Crippen molar-refractivity contribution in [1.29, 1.82) is 0 Å². The molecule has 2 N–H and O–H groups in total. The van der Waals surface area contributed by atoms with Crippen LogP contribution >= 0.6 is 11.6 Å². The van der Waals surface area contributed by atoms with Crippen molar-refractivity contribution in [3.8, 4) is 12.3 Å². The zero-order chi connectivity index (χ0) is 14.3. The fraction of sp³-hybridized carbons (Fsp3) is 0.600. The van der Waals surface area contributed by atoms with Crippen LogP contribution < -0.4 is 0 Å². The molecular weight excluding hydrogens is 264 g/mol. The maximum absolute atomic E-state index is 9.90. The molecule has 1 aliphatic heterocycles. The summed E-state index contributed by atoms with van der Waals surface area (Å²) in [4.78, 5) is 0. The van der Waals surface area contributed by atoms with E-state index in [1.54, 1.807) is 18.2 Å². The summed E-state index contributed by atoms with van der Waals surface area (Å²) in [7, 11) is 0. The van der Waals surface area contributed by atoms with E-state index in [-0.39, 0.29) is 11.5 Å². The van der Waals surface area contributed by atoms with E-state index in [4.69, 9.17) is 22.8 Å². The SMILES string of the molecule is C#C/C=C\C[C@H](Cl)[C@@H]1C[C@H](O)[C@@H](/C=C\[C@@H](O)CC)O1. The average molecular weight is 285 g/mol. The van der Waals surface area contributed by atoms with E-state index < -0.39 is 18.3 Å². The van der Waals surface area contributed by atoms with Gasteiger partial charge in [0.2, 0.25) is 0 Å². The minimum absolute atomic E-state index is 0.201. The number of alkyl halides is 1. The Kier molecular flexibility index (Phi) is 7.19. The Morgan fingerprint density at radius 2 is 2.32 bits per heavy atom. The predicted octanol–water partition coefficient (Wildman–Crippen LogP) is 2.02. The van der Waals surface area contributed by atoms with Crippen LogP contribution in [0.15, 0.2) is 24.3 Å². The van der Waals surface area contributed by atoms with E-state index >= 15 is 0 Å². The molecular formula is C15H21ClO3. The molecule has 1 saturated heterocycles. The number of ether oxygens (including phenoxy) is 1. The first-order valence-corrected chi connectivity index (χ1v) is 6.97. The van der Waals surface area contributed by atoms with Gasteiger partial charge < -0.3 is 14.9 Å². The molecule has 5 atom stereocenters. The molecule has 0 saturated carbocycles. The topological polar surface area (TPSA) is 49.7 Å². The lowest BCUT2D eigenvalue weighted by Crippen LogP contribution is -2.21. The van der Waals surface area contributed by atoms with Gasteiger partial charge in [0.1, 0.15) is 6.10 Å². The van der Waals surface area contributed by atoms with Crippen LogP contribution in [0.5, 0.6) is 0 Å². The monoisotopic (exact) mass is 284 g/mol. The summed E-state index contributed by atoms with van der Waals surface area (Å²) in [5.41, 5.74) is 0. The first-order chi connectivity index (χ1) is 9.08. The standard InChI is InChI=1S/C15H21ClO3/c1-3-5-6-7-12(16)15-10-13(18)14(19-15)9-8-11(17)4-2/h1,5-6,8-9,11-15,17-18H,4,7,10H2,2H3/b6-5-,9-8-/t11-,12-,13-,14+,15-/m0/s1. The van der Waals surface area contributed by atoms with Crippen LogP contribution in [0, 0.1) is 12.3 Å². The van der Waals surface area contributed by atoms with Crippen molar-refractivity contribution in [2.75, 3.05) is 0 Å². The Morgan fingerprint density at radius 3 is 2.95 bits per heavy atom. The van der Waals surface area contributed by atoms with Gasteiger partial charge >= 0.3 is 0 Å². The Hall–Kier alpha value is -0.790. The van der Waals surface area contributed by atoms with Gasteiger partial charge in [-0.1, -0.05) is 31.1 Å². The van der Waals surface area contributed by atoms with E-state index in [1.165, 1.54) is 0 Å². The normalized spacial score (nSPS) is 30.8. The summed E-state index contributed by atoms with van der Waals surface area (Å²) in [5, 5.41) is 19.1. The van der Waals surface area contributed by atoms with E-state index in [2.05, 4.69) is 5.92 Å². The van der Waals surface area contributed by atoms with Crippen molar-refractivity contribution >= 4 is 11.6 Å². The van der Waals surface area contributed by atoms with Crippen LogP contribution in [0.1, 0.15) is 26.2 Å². The number of aliphatic hydroxyl groups excluding tert-OH is 2. The summed E-state index contributed by atoms with van der Waals surface area (Å²) in [6.45, 7) is 1.89. The number of hydrogen-bond donors (Lipinski definition) is 2. The maximum Gasteiger partial charge on any atom is 0.102 e. The van der Waals surface area contributed by atoms with Gasteiger partial charge in [-0.05, 0) is 18.9 Å². The second kappa shape index (κ2) is 8.39. The fourth-order valence-corrected chi connectivity index (χ4v) is 2.18. The first-order valence-electron chi connectivity index (χ1n) is 6.53. The number of halogens is 1. The molecule has 1 fully saturated rings. The van der Waals surface area contributed by atoms with Gasteiger partial charge in [0.05, 0.1) is 23.7 Å². The third-order valence-corrected chi connectivity index (χ3v) is 3.56. The van der Waals surface area contributed by atoms with Crippen LogP contribution in [-0.2, 0) is 4.74 Å². The van der Waals surface area contributed by atoms with E-state index in [0.29, 0.717) is 19.3 Å². The molecule has 0 amide bonds. The Morgan fingerprint density at radius 1 is 1.58 bits per heavy atom. The average Bonchev–Trinajstić information content (AvgIpc) is 2.77.